The van der Waals surface area contributed by atoms with Crippen molar-refractivity contribution in [3.63, 3.8) is 0 Å². The number of hydrogen-bond donors (Lipinski definition) is 2. The number of benzene rings is 1. The summed E-state index contributed by atoms with van der Waals surface area (Å²) < 4.78 is 10.1. The predicted octanol–water partition coefficient (Wildman–Crippen LogP) is 2.82. The molecule has 0 aliphatic carbocycles. The first kappa shape index (κ1) is 18.0. The first-order chi connectivity index (χ1) is 11.9. The Morgan fingerprint density at radius 2 is 1.72 bits per heavy atom. The lowest BCUT2D eigenvalue weighted by Gasteiger charge is -2.12. The predicted molar refractivity (Wildman–Crippen MR) is 92.7 cm³/mol. The Morgan fingerprint density at radius 3 is 2.28 bits per heavy atom. The van der Waals surface area contributed by atoms with Crippen LogP contribution in [-0.2, 0) is 19.1 Å². The van der Waals surface area contributed by atoms with E-state index in [1.807, 2.05) is 0 Å². The van der Waals surface area contributed by atoms with E-state index in [4.69, 9.17) is 9.15 Å². The molecule has 1 aromatic carbocycles. The van der Waals surface area contributed by atoms with Crippen LogP contribution in [0.3, 0.4) is 0 Å². The molecule has 0 aliphatic heterocycles. The Bertz CT molecular complexity index is 763. The number of anilines is 2. The zero-order valence-electron chi connectivity index (χ0n) is 13.8. The lowest BCUT2D eigenvalue weighted by Crippen LogP contribution is -2.29. The molecule has 130 valence electrons. The van der Waals surface area contributed by atoms with Crippen LogP contribution in [-0.4, -0.2) is 23.9 Å². The number of ether oxygens (including phenoxy) is 1. The highest BCUT2D eigenvalue weighted by Crippen LogP contribution is 2.14. The number of rotatable bonds is 6. The third-order valence-electron chi connectivity index (χ3n) is 3.06. The minimum Gasteiger partial charge on any atom is -0.465 e. The lowest BCUT2D eigenvalue weighted by molar-refractivity contribution is -0.148. The molecule has 0 fully saturated rings. The Hall–Kier alpha value is -3.35. The maximum atomic E-state index is 12.0. The van der Waals surface area contributed by atoms with Crippen LogP contribution in [0.15, 0.2) is 53.2 Å². The molecule has 1 atom stereocenters. The first-order valence-electron chi connectivity index (χ1n) is 7.55. The molecule has 0 unspecified atom stereocenters. The maximum absolute atomic E-state index is 12.0. The standard InChI is InChI=1S/C18H18N2O5/c1-12(25-17(22)10-9-16-4-3-11-24-16)18(23)20-15-7-5-14(6-8-15)19-13(2)21/h3-12H,1-2H3,(H,19,21)(H,20,23)/b10-9+/t12-/m1/s1. The van der Waals surface area contributed by atoms with Gasteiger partial charge in [-0.25, -0.2) is 4.79 Å². The highest BCUT2D eigenvalue weighted by atomic mass is 16.5. The number of furan rings is 1. The molecule has 2 aromatic rings. The summed E-state index contributed by atoms with van der Waals surface area (Å²) in [4.78, 5) is 34.7. The molecule has 2 N–H and O–H groups in total. The van der Waals surface area contributed by atoms with Crippen molar-refractivity contribution in [3.8, 4) is 0 Å². The summed E-state index contributed by atoms with van der Waals surface area (Å²) in [6.45, 7) is 2.88. The quantitative estimate of drug-likeness (QED) is 0.621. The van der Waals surface area contributed by atoms with Crippen LogP contribution in [0.5, 0.6) is 0 Å². The second-order valence-electron chi connectivity index (χ2n) is 5.18. The highest BCUT2D eigenvalue weighted by molar-refractivity contribution is 5.97. The molecule has 0 saturated carbocycles. The molecule has 1 heterocycles. The van der Waals surface area contributed by atoms with E-state index in [-0.39, 0.29) is 5.91 Å². The second kappa shape index (κ2) is 8.49. The van der Waals surface area contributed by atoms with Crippen LogP contribution in [0.1, 0.15) is 19.6 Å². The van der Waals surface area contributed by atoms with E-state index in [0.717, 1.165) is 0 Å². The molecule has 7 nitrogen and oxygen atoms in total. The van der Waals surface area contributed by atoms with E-state index in [9.17, 15) is 14.4 Å². The van der Waals surface area contributed by atoms with Gasteiger partial charge in [0.2, 0.25) is 5.91 Å². The molecule has 2 amide bonds. The van der Waals surface area contributed by atoms with Crippen LogP contribution in [0.2, 0.25) is 0 Å². The molecule has 7 heteroatoms. The Morgan fingerprint density at radius 1 is 1.08 bits per heavy atom. The van der Waals surface area contributed by atoms with Gasteiger partial charge in [-0.2, -0.15) is 0 Å². The molecule has 0 spiro atoms. The molecule has 2 rings (SSSR count). The van der Waals surface area contributed by atoms with E-state index < -0.39 is 18.0 Å². The van der Waals surface area contributed by atoms with Crippen LogP contribution >= 0.6 is 0 Å². The van der Waals surface area contributed by atoms with Crippen molar-refractivity contribution in [1.82, 2.24) is 0 Å². The SMILES string of the molecule is CC(=O)Nc1ccc(NC(=O)[C@@H](C)OC(=O)/C=C/c2ccco2)cc1. The average Bonchev–Trinajstić information content (AvgIpc) is 3.07. The van der Waals surface area contributed by atoms with E-state index in [0.29, 0.717) is 17.1 Å². The monoisotopic (exact) mass is 342 g/mol. The van der Waals surface area contributed by atoms with E-state index in [1.165, 1.54) is 32.3 Å². The van der Waals surface area contributed by atoms with E-state index in [2.05, 4.69) is 10.6 Å². The van der Waals surface area contributed by atoms with Gasteiger partial charge in [0.25, 0.3) is 5.91 Å². The van der Waals surface area contributed by atoms with Crippen LogP contribution in [0.25, 0.3) is 6.08 Å². The number of hydrogen-bond acceptors (Lipinski definition) is 5. The third-order valence-corrected chi connectivity index (χ3v) is 3.06. The molecular weight excluding hydrogens is 324 g/mol. The summed E-state index contributed by atoms with van der Waals surface area (Å²) in [5.74, 6) is -0.791. The van der Waals surface area contributed by atoms with Crippen molar-refractivity contribution in [2.75, 3.05) is 10.6 Å². The molecule has 0 aliphatic rings. The number of nitrogens with one attached hydrogen (secondary N) is 2. The number of esters is 1. The average molecular weight is 342 g/mol. The van der Waals surface area contributed by atoms with Crippen molar-refractivity contribution >= 4 is 35.2 Å². The Balaban J connectivity index is 1.85. The fourth-order valence-corrected chi connectivity index (χ4v) is 1.89. The Labute approximate surface area is 144 Å². The van der Waals surface area contributed by atoms with Gasteiger partial charge in [-0.3, -0.25) is 9.59 Å². The van der Waals surface area contributed by atoms with Crippen molar-refractivity contribution < 1.29 is 23.5 Å². The van der Waals surface area contributed by atoms with Gasteiger partial charge in [0, 0.05) is 24.4 Å². The second-order valence-corrected chi connectivity index (χ2v) is 5.18. The number of carbonyl (C=O) groups is 3. The zero-order valence-corrected chi connectivity index (χ0v) is 13.8. The summed E-state index contributed by atoms with van der Waals surface area (Å²) in [6.07, 6.45) is 3.15. The molecule has 25 heavy (non-hydrogen) atoms. The molecule has 0 bridgehead atoms. The fourth-order valence-electron chi connectivity index (χ4n) is 1.89. The highest BCUT2D eigenvalue weighted by Gasteiger charge is 2.16. The fraction of sp³-hybridized carbons (Fsp3) is 0.167. The van der Waals surface area contributed by atoms with Crippen molar-refractivity contribution in [1.29, 1.82) is 0 Å². The van der Waals surface area contributed by atoms with E-state index in [1.54, 1.807) is 36.4 Å². The molecule has 0 saturated heterocycles. The minimum absolute atomic E-state index is 0.181. The Kier molecular flexibility index (Phi) is 6.11. The number of amides is 2. The van der Waals surface area contributed by atoms with Gasteiger partial charge in [0.05, 0.1) is 6.26 Å². The zero-order chi connectivity index (χ0) is 18.2. The topological polar surface area (TPSA) is 97.6 Å². The van der Waals surface area contributed by atoms with Gasteiger partial charge >= 0.3 is 5.97 Å². The third kappa shape index (κ3) is 5.98. The van der Waals surface area contributed by atoms with Gasteiger partial charge in [-0.15, -0.1) is 0 Å². The van der Waals surface area contributed by atoms with Crippen LogP contribution < -0.4 is 10.6 Å². The van der Waals surface area contributed by atoms with Crippen LogP contribution in [0.4, 0.5) is 11.4 Å². The van der Waals surface area contributed by atoms with E-state index >= 15 is 0 Å². The van der Waals surface area contributed by atoms with Gasteiger partial charge < -0.3 is 19.8 Å². The molecular formula is C18H18N2O5. The van der Waals surface area contributed by atoms with Crippen molar-refractivity contribution in [3.05, 3.63) is 54.5 Å². The van der Waals surface area contributed by atoms with Crippen molar-refractivity contribution in [2.24, 2.45) is 0 Å². The summed E-state index contributed by atoms with van der Waals surface area (Å²) in [6, 6.07) is 9.95. The normalized spacial score (nSPS) is 11.8. The minimum atomic E-state index is -0.969. The van der Waals surface area contributed by atoms with Gasteiger partial charge in [0.15, 0.2) is 6.10 Å². The van der Waals surface area contributed by atoms with Gasteiger partial charge in [-0.1, -0.05) is 0 Å². The molecule has 0 radical (unpaired) electrons. The van der Waals surface area contributed by atoms with Gasteiger partial charge in [-0.05, 0) is 49.4 Å². The summed E-state index contributed by atoms with van der Waals surface area (Å²) in [5.41, 5.74) is 1.14. The maximum Gasteiger partial charge on any atom is 0.331 e. The van der Waals surface area contributed by atoms with Crippen molar-refractivity contribution in [2.45, 2.75) is 20.0 Å². The smallest absolute Gasteiger partial charge is 0.331 e. The van der Waals surface area contributed by atoms with Gasteiger partial charge in [0.1, 0.15) is 5.76 Å². The molecule has 1 aromatic heterocycles. The summed E-state index contributed by atoms with van der Waals surface area (Å²) in [5, 5.41) is 5.25. The largest absolute Gasteiger partial charge is 0.465 e. The first-order valence-corrected chi connectivity index (χ1v) is 7.55. The lowest BCUT2D eigenvalue weighted by atomic mass is 10.2. The summed E-state index contributed by atoms with van der Waals surface area (Å²) in [7, 11) is 0. The summed E-state index contributed by atoms with van der Waals surface area (Å²) >= 11 is 0. The number of carbonyl (C=O) groups excluding carboxylic acids is 3. The van der Waals surface area contributed by atoms with Crippen LogP contribution in [0, 0.1) is 0 Å².